The minimum absolute atomic E-state index is 0.0931. The Bertz CT molecular complexity index is 536. The third kappa shape index (κ3) is 4.71. The summed E-state index contributed by atoms with van der Waals surface area (Å²) in [6.45, 7) is 0.605. The fourth-order valence-electron chi connectivity index (χ4n) is 3.34. The van der Waals surface area contributed by atoms with Crippen LogP contribution in [-0.4, -0.2) is 23.5 Å². The summed E-state index contributed by atoms with van der Waals surface area (Å²) in [6, 6.07) is 7.60. The molecule has 2 N–H and O–H groups in total. The molecule has 4 nitrogen and oxygen atoms in total. The molecule has 0 bridgehead atoms. The van der Waals surface area contributed by atoms with E-state index in [2.05, 4.69) is 5.32 Å². The third-order valence-corrected chi connectivity index (χ3v) is 4.89. The molecule has 0 aromatic heterocycles. The summed E-state index contributed by atoms with van der Waals surface area (Å²) in [6.07, 6.45) is 6.37. The van der Waals surface area contributed by atoms with Crippen molar-refractivity contribution in [1.29, 1.82) is 0 Å². The second kappa shape index (κ2) is 8.34. The minimum atomic E-state index is -0.762. The summed E-state index contributed by atoms with van der Waals surface area (Å²) in [5.74, 6) is -0.669. The van der Waals surface area contributed by atoms with Gasteiger partial charge in [0.15, 0.2) is 0 Å². The quantitative estimate of drug-likeness (QED) is 0.707. The van der Waals surface area contributed by atoms with Crippen LogP contribution in [0.4, 0.5) is 0 Å². The molecule has 126 valence electrons. The number of hydrogen-bond donors (Lipinski definition) is 2. The maximum Gasteiger partial charge on any atom is 0.303 e. The molecule has 0 radical (unpaired) electrons. The Balaban J connectivity index is 1.89. The van der Waals surface area contributed by atoms with Gasteiger partial charge in [0, 0.05) is 18.0 Å². The number of benzene rings is 1. The lowest BCUT2D eigenvalue weighted by Crippen LogP contribution is -2.43. The summed E-state index contributed by atoms with van der Waals surface area (Å²) < 4.78 is 0. The van der Waals surface area contributed by atoms with Gasteiger partial charge < -0.3 is 10.4 Å². The van der Waals surface area contributed by atoms with Gasteiger partial charge in [-0.05, 0) is 43.4 Å². The molecule has 0 aliphatic heterocycles. The highest BCUT2D eigenvalue weighted by atomic mass is 35.5. The van der Waals surface area contributed by atoms with Crippen LogP contribution in [-0.2, 0) is 15.0 Å². The predicted octanol–water partition coefficient (Wildman–Crippen LogP) is 3.91. The molecule has 1 amide bonds. The number of halogens is 1. The molecule has 1 aliphatic rings. The number of unbranched alkanes of at least 4 members (excludes halogenated alkanes) is 2. The largest absolute Gasteiger partial charge is 0.481 e. The van der Waals surface area contributed by atoms with Gasteiger partial charge in [0.25, 0.3) is 0 Å². The van der Waals surface area contributed by atoms with Crippen LogP contribution in [0, 0.1) is 0 Å². The van der Waals surface area contributed by atoms with E-state index in [1.165, 1.54) is 0 Å². The lowest BCUT2D eigenvalue weighted by molar-refractivity contribution is -0.137. The van der Waals surface area contributed by atoms with Crippen LogP contribution in [0.15, 0.2) is 24.3 Å². The van der Waals surface area contributed by atoms with Crippen molar-refractivity contribution in [3.63, 3.8) is 0 Å². The number of nitrogens with one attached hydrogen (secondary N) is 1. The van der Waals surface area contributed by atoms with Crippen molar-refractivity contribution >= 4 is 23.5 Å². The lowest BCUT2D eigenvalue weighted by Gasteiger charge is -2.28. The van der Waals surface area contributed by atoms with Crippen LogP contribution >= 0.6 is 11.6 Å². The standard InChI is InChI=1S/C18H24ClNO3/c19-15-9-7-14(8-10-15)18(11-3-4-12-18)17(23)20-13-5-1-2-6-16(21)22/h7-10H,1-6,11-13H2,(H,20,23)(H,21,22). The van der Waals surface area contributed by atoms with E-state index in [-0.39, 0.29) is 12.3 Å². The first kappa shape index (κ1) is 17.8. The number of aliphatic carboxylic acids is 1. The van der Waals surface area contributed by atoms with Crippen molar-refractivity contribution in [2.45, 2.75) is 56.8 Å². The van der Waals surface area contributed by atoms with Gasteiger partial charge in [-0.2, -0.15) is 0 Å². The average Bonchev–Trinajstić information content (AvgIpc) is 3.02. The lowest BCUT2D eigenvalue weighted by atomic mass is 9.78. The number of carboxylic acid groups (broad SMARTS) is 1. The Kier molecular flexibility index (Phi) is 6.46. The van der Waals surface area contributed by atoms with Crippen molar-refractivity contribution in [2.24, 2.45) is 0 Å². The van der Waals surface area contributed by atoms with Gasteiger partial charge >= 0.3 is 5.97 Å². The maximum atomic E-state index is 12.8. The zero-order chi connectivity index (χ0) is 16.7. The molecule has 1 aliphatic carbocycles. The summed E-state index contributed by atoms with van der Waals surface area (Å²) >= 11 is 5.96. The SMILES string of the molecule is O=C(O)CCCCCNC(=O)C1(c2ccc(Cl)cc2)CCCC1. The van der Waals surface area contributed by atoms with Gasteiger partial charge in [-0.25, -0.2) is 0 Å². The number of rotatable bonds is 8. The van der Waals surface area contributed by atoms with E-state index >= 15 is 0 Å². The first-order valence-electron chi connectivity index (χ1n) is 8.31. The fraction of sp³-hybridized carbons (Fsp3) is 0.556. The molecule has 1 saturated carbocycles. The highest BCUT2D eigenvalue weighted by Gasteiger charge is 2.42. The van der Waals surface area contributed by atoms with Crippen molar-refractivity contribution < 1.29 is 14.7 Å². The summed E-state index contributed by atoms with van der Waals surface area (Å²) in [7, 11) is 0. The van der Waals surface area contributed by atoms with Crippen molar-refractivity contribution in [3.05, 3.63) is 34.9 Å². The Morgan fingerprint density at radius 1 is 1.09 bits per heavy atom. The van der Waals surface area contributed by atoms with Crippen LogP contribution in [0.2, 0.25) is 5.02 Å². The molecule has 1 aromatic rings. The highest BCUT2D eigenvalue weighted by Crippen LogP contribution is 2.41. The van der Waals surface area contributed by atoms with E-state index in [9.17, 15) is 9.59 Å². The average molecular weight is 338 g/mol. The van der Waals surface area contributed by atoms with Crippen LogP contribution < -0.4 is 5.32 Å². The molecule has 5 heteroatoms. The van der Waals surface area contributed by atoms with Gasteiger partial charge in [0.1, 0.15) is 0 Å². The number of carboxylic acids is 1. The van der Waals surface area contributed by atoms with E-state index in [1.807, 2.05) is 24.3 Å². The van der Waals surface area contributed by atoms with Crippen molar-refractivity contribution in [1.82, 2.24) is 5.32 Å². The second-order valence-corrected chi connectivity index (χ2v) is 6.69. The number of amides is 1. The van der Waals surface area contributed by atoms with Gasteiger partial charge in [-0.15, -0.1) is 0 Å². The molecule has 0 heterocycles. The molecule has 0 unspecified atom stereocenters. The predicted molar refractivity (Wildman–Crippen MR) is 90.7 cm³/mol. The fourth-order valence-corrected chi connectivity index (χ4v) is 3.47. The van der Waals surface area contributed by atoms with E-state index in [0.29, 0.717) is 18.0 Å². The molecule has 2 rings (SSSR count). The number of carbonyl (C=O) groups excluding carboxylic acids is 1. The molecule has 0 saturated heterocycles. The van der Waals surface area contributed by atoms with Crippen LogP contribution in [0.25, 0.3) is 0 Å². The molecule has 0 spiro atoms. The van der Waals surface area contributed by atoms with Crippen LogP contribution in [0.5, 0.6) is 0 Å². The van der Waals surface area contributed by atoms with E-state index < -0.39 is 11.4 Å². The maximum absolute atomic E-state index is 12.8. The van der Waals surface area contributed by atoms with Crippen molar-refractivity contribution in [2.75, 3.05) is 6.54 Å². The van der Waals surface area contributed by atoms with Crippen molar-refractivity contribution in [3.8, 4) is 0 Å². The van der Waals surface area contributed by atoms with Crippen LogP contribution in [0.1, 0.15) is 56.9 Å². The van der Waals surface area contributed by atoms with E-state index in [0.717, 1.165) is 44.1 Å². The first-order valence-corrected chi connectivity index (χ1v) is 8.68. The van der Waals surface area contributed by atoms with Gasteiger partial charge in [0.2, 0.25) is 5.91 Å². The molecule has 1 aromatic carbocycles. The van der Waals surface area contributed by atoms with Crippen LogP contribution in [0.3, 0.4) is 0 Å². The monoisotopic (exact) mass is 337 g/mol. The van der Waals surface area contributed by atoms with Gasteiger partial charge in [0.05, 0.1) is 5.41 Å². The van der Waals surface area contributed by atoms with Gasteiger partial charge in [-0.3, -0.25) is 9.59 Å². The Morgan fingerprint density at radius 2 is 1.74 bits per heavy atom. The van der Waals surface area contributed by atoms with E-state index in [4.69, 9.17) is 16.7 Å². The normalized spacial score (nSPS) is 16.2. The molecule has 1 fully saturated rings. The molecular formula is C18H24ClNO3. The third-order valence-electron chi connectivity index (χ3n) is 4.64. The first-order chi connectivity index (χ1) is 11.0. The minimum Gasteiger partial charge on any atom is -0.481 e. The topological polar surface area (TPSA) is 66.4 Å². The molecule has 23 heavy (non-hydrogen) atoms. The molecule has 0 atom stereocenters. The Hall–Kier alpha value is -1.55. The Labute approximate surface area is 142 Å². The van der Waals surface area contributed by atoms with E-state index in [1.54, 1.807) is 0 Å². The Morgan fingerprint density at radius 3 is 2.35 bits per heavy atom. The smallest absolute Gasteiger partial charge is 0.303 e. The molecular weight excluding hydrogens is 314 g/mol. The number of carbonyl (C=O) groups is 2. The zero-order valence-electron chi connectivity index (χ0n) is 13.3. The summed E-state index contributed by atoms with van der Waals surface area (Å²) in [4.78, 5) is 23.2. The summed E-state index contributed by atoms with van der Waals surface area (Å²) in [5.41, 5.74) is 0.619. The van der Waals surface area contributed by atoms with Gasteiger partial charge in [-0.1, -0.05) is 43.0 Å². The summed E-state index contributed by atoms with van der Waals surface area (Å²) in [5, 5.41) is 12.3. The zero-order valence-corrected chi connectivity index (χ0v) is 14.1. The second-order valence-electron chi connectivity index (χ2n) is 6.26. The highest BCUT2D eigenvalue weighted by molar-refractivity contribution is 6.30. The number of hydrogen-bond acceptors (Lipinski definition) is 2.